The fourth-order valence-electron chi connectivity index (χ4n) is 3.32. The Bertz CT molecular complexity index is 717. The van der Waals surface area contributed by atoms with E-state index in [1.807, 2.05) is 41.0 Å². The summed E-state index contributed by atoms with van der Waals surface area (Å²) in [7, 11) is 0. The van der Waals surface area contributed by atoms with E-state index in [4.69, 9.17) is 0 Å². The van der Waals surface area contributed by atoms with Crippen molar-refractivity contribution in [2.75, 3.05) is 26.2 Å². The van der Waals surface area contributed by atoms with E-state index in [0.717, 1.165) is 31.4 Å². The van der Waals surface area contributed by atoms with Gasteiger partial charge in [-0.3, -0.25) is 19.8 Å². The summed E-state index contributed by atoms with van der Waals surface area (Å²) in [5.74, 6) is -0.270. The maximum absolute atomic E-state index is 12.7. The zero-order valence-corrected chi connectivity index (χ0v) is 16.0. The number of amides is 4. The Morgan fingerprint density at radius 2 is 1.89 bits per heavy atom. The third kappa shape index (κ3) is 5.29. The maximum Gasteiger partial charge on any atom is 0.321 e. The van der Waals surface area contributed by atoms with Gasteiger partial charge in [-0.2, -0.15) is 0 Å². The number of carbonyl (C=O) groups is 3. The summed E-state index contributed by atoms with van der Waals surface area (Å²) in [6.45, 7) is 6.34. The van der Waals surface area contributed by atoms with E-state index >= 15 is 0 Å². The normalized spacial score (nSPS) is 19.1. The van der Waals surface area contributed by atoms with Crippen molar-refractivity contribution in [2.24, 2.45) is 0 Å². The Balaban J connectivity index is 1.53. The Morgan fingerprint density at radius 3 is 2.59 bits per heavy atom. The van der Waals surface area contributed by atoms with E-state index in [1.165, 1.54) is 0 Å². The summed E-state index contributed by atoms with van der Waals surface area (Å²) in [4.78, 5) is 40.7. The van der Waals surface area contributed by atoms with Crippen molar-refractivity contribution in [1.29, 1.82) is 0 Å². The second kappa shape index (κ2) is 8.52. The van der Waals surface area contributed by atoms with Gasteiger partial charge in [0.1, 0.15) is 0 Å². The van der Waals surface area contributed by atoms with Crippen LogP contribution in [-0.2, 0) is 4.79 Å². The van der Waals surface area contributed by atoms with Crippen LogP contribution in [0.1, 0.15) is 42.1 Å². The lowest BCUT2D eigenvalue weighted by Gasteiger charge is -2.26. The van der Waals surface area contributed by atoms with Gasteiger partial charge in [0.2, 0.25) is 5.91 Å². The number of nitrogens with zero attached hydrogens (tertiary/aromatic N) is 2. The van der Waals surface area contributed by atoms with Crippen LogP contribution in [0.25, 0.3) is 0 Å². The van der Waals surface area contributed by atoms with Crippen molar-refractivity contribution in [3.63, 3.8) is 0 Å². The minimum Gasteiger partial charge on any atom is -0.337 e. The first-order valence-electron chi connectivity index (χ1n) is 9.65. The molecule has 0 spiro atoms. The van der Waals surface area contributed by atoms with Crippen molar-refractivity contribution in [3.8, 4) is 0 Å². The van der Waals surface area contributed by atoms with Gasteiger partial charge >= 0.3 is 6.03 Å². The molecule has 146 valence electrons. The minimum absolute atomic E-state index is 0.0291. The lowest BCUT2D eigenvalue weighted by atomic mass is 10.1. The number of imide groups is 1. The fraction of sp³-hybridized carbons (Fsp3) is 0.550. The van der Waals surface area contributed by atoms with E-state index < -0.39 is 12.1 Å². The average molecular weight is 372 g/mol. The molecule has 3 rings (SSSR count). The van der Waals surface area contributed by atoms with Gasteiger partial charge in [-0.05, 0) is 45.2 Å². The van der Waals surface area contributed by atoms with Gasteiger partial charge < -0.3 is 10.2 Å². The lowest BCUT2D eigenvalue weighted by Crippen LogP contribution is -2.50. The highest BCUT2D eigenvalue weighted by atomic mass is 16.2. The summed E-state index contributed by atoms with van der Waals surface area (Å²) >= 11 is 0. The quantitative estimate of drug-likeness (QED) is 0.840. The molecular weight excluding hydrogens is 344 g/mol. The monoisotopic (exact) mass is 372 g/mol. The number of rotatable bonds is 4. The number of benzene rings is 1. The smallest absolute Gasteiger partial charge is 0.321 e. The van der Waals surface area contributed by atoms with Gasteiger partial charge in [-0.25, -0.2) is 4.79 Å². The molecule has 1 aromatic carbocycles. The number of carbonyl (C=O) groups excluding carboxylic acids is 3. The minimum atomic E-state index is -0.416. The molecule has 2 aliphatic rings. The summed E-state index contributed by atoms with van der Waals surface area (Å²) in [6, 6.07) is 7.00. The molecule has 1 saturated carbocycles. The van der Waals surface area contributed by atoms with E-state index in [9.17, 15) is 14.4 Å². The Kier molecular flexibility index (Phi) is 6.11. The summed E-state index contributed by atoms with van der Waals surface area (Å²) in [5.41, 5.74) is 1.76. The number of hydrogen-bond acceptors (Lipinski definition) is 4. The molecule has 27 heavy (non-hydrogen) atoms. The van der Waals surface area contributed by atoms with Crippen molar-refractivity contribution in [3.05, 3.63) is 35.4 Å². The molecule has 1 aromatic rings. The molecule has 7 nitrogen and oxygen atoms in total. The van der Waals surface area contributed by atoms with Crippen LogP contribution in [0.2, 0.25) is 0 Å². The standard InChI is InChI=1S/C20H28N4O3/c1-14-5-3-6-16(13-14)19(26)24-10-4-9-23(11-12-24)15(2)18(25)22-20(27)21-17-7-8-17/h3,5-6,13,15,17H,4,7-12H2,1-2H3,(H2,21,22,25,27). The van der Waals surface area contributed by atoms with Crippen LogP contribution in [0, 0.1) is 6.92 Å². The number of hydrogen-bond donors (Lipinski definition) is 2. The van der Waals surface area contributed by atoms with Crippen LogP contribution in [-0.4, -0.2) is 65.9 Å². The third-order valence-electron chi connectivity index (χ3n) is 5.16. The molecular formula is C20H28N4O3. The van der Waals surface area contributed by atoms with Crippen LogP contribution in [0.4, 0.5) is 4.79 Å². The van der Waals surface area contributed by atoms with Gasteiger partial charge in [0.15, 0.2) is 0 Å². The molecule has 1 atom stereocenters. The molecule has 4 amide bonds. The summed E-state index contributed by atoms with van der Waals surface area (Å²) in [6.07, 6.45) is 2.76. The number of urea groups is 1. The molecule has 2 N–H and O–H groups in total. The molecule has 1 aliphatic carbocycles. The van der Waals surface area contributed by atoms with Crippen molar-refractivity contribution in [2.45, 2.75) is 45.2 Å². The van der Waals surface area contributed by atoms with E-state index in [-0.39, 0.29) is 17.9 Å². The van der Waals surface area contributed by atoms with Gasteiger partial charge in [0, 0.05) is 37.8 Å². The molecule has 1 unspecified atom stereocenters. The largest absolute Gasteiger partial charge is 0.337 e. The topological polar surface area (TPSA) is 81.8 Å². The van der Waals surface area contributed by atoms with Gasteiger partial charge in [0.05, 0.1) is 6.04 Å². The van der Waals surface area contributed by atoms with E-state index in [0.29, 0.717) is 25.2 Å². The van der Waals surface area contributed by atoms with Crippen molar-refractivity contribution in [1.82, 2.24) is 20.4 Å². The molecule has 0 aromatic heterocycles. The second-order valence-corrected chi connectivity index (χ2v) is 7.46. The van der Waals surface area contributed by atoms with Gasteiger partial charge in [-0.15, -0.1) is 0 Å². The number of nitrogens with one attached hydrogen (secondary N) is 2. The third-order valence-corrected chi connectivity index (χ3v) is 5.16. The van der Waals surface area contributed by atoms with E-state index in [1.54, 1.807) is 6.92 Å². The first-order valence-corrected chi connectivity index (χ1v) is 9.65. The summed E-state index contributed by atoms with van der Waals surface area (Å²) < 4.78 is 0. The molecule has 1 saturated heterocycles. The molecule has 1 heterocycles. The van der Waals surface area contributed by atoms with Crippen LogP contribution in [0.3, 0.4) is 0 Å². The predicted molar refractivity (Wildman–Crippen MR) is 102 cm³/mol. The van der Waals surface area contributed by atoms with Crippen LogP contribution in [0.15, 0.2) is 24.3 Å². The number of aryl methyl sites for hydroxylation is 1. The van der Waals surface area contributed by atoms with Crippen LogP contribution in [0.5, 0.6) is 0 Å². The Morgan fingerprint density at radius 1 is 1.11 bits per heavy atom. The van der Waals surface area contributed by atoms with Gasteiger partial charge in [-0.1, -0.05) is 17.7 Å². The highest BCUT2D eigenvalue weighted by Gasteiger charge is 2.28. The van der Waals surface area contributed by atoms with Crippen LogP contribution < -0.4 is 10.6 Å². The molecule has 7 heteroatoms. The van der Waals surface area contributed by atoms with Crippen LogP contribution >= 0.6 is 0 Å². The van der Waals surface area contributed by atoms with Gasteiger partial charge in [0.25, 0.3) is 5.91 Å². The maximum atomic E-state index is 12.7. The van der Waals surface area contributed by atoms with Crippen molar-refractivity contribution < 1.29 is 14.4 Å². The summed E-state index contributed by atoms with van der Waals surface area (Å²) in [5, 5.41) is 5.18. The predicted octanol–water partition coefficient (Wildman–Crippen LogP) is 1.52. The van der Waals surface area contributed by atoms with E-state index in [2.05, 4.69) is 10.6 Å². The fourth-order valence-corrected chi connectivity index (χ4v) is 3.32. The highest BCUT2D eigenvalue weighted by molar-refractivity contribution is 5.97. The SMILES string of the molecule is Cc1cccc(C(=O)N2CCCN(C(C)C(=O)NC(=O)NC3CC3)CC2)c1. The Hall–Kier alpha value is -2.41. The van der Waals surface area contributed by atoms with Crippen molar-refractivity contribution >= 4 is 17.8 Å². The first-order chi connectivity index (χ1) is 12.9. The molecule has 2 fully saturated rings. The Labute approximate surface area is 160 Å². The first kappa shape index (κ1) is 19.4. The molecule has 0 radical (unpaired) electrons. The second-order valence-electron chi connectivity index (χ2n) is 7.46. The average Bonchev–Trinajstić information content (AvgIpc) is 3.46. The highest BCUT2D eigenvalue weighted by Crippen LogP contribution is 2.18. The molecule has 0 bridgehead atoms. The zero-order valence-electron chi connectivity index (χ0n) is 16.0. The lowest BCUT2D eigenvalue weighted by molar-refractivity contribution is -0.124. The zero-order chi connectivity index (χ0) is 19.4. The molecule has 1 aliphatic heterocycles.